The van der Waals surface area contributed by atoms with Gasteiger partial charge in [-0.3, -0.25) is 0 Å². The summed E-state index contributed by atoms with van der Waals surface area (Å²) in [7, 11) is 4.39. The molecule has 0 aliphatic rings. The summed E-state index contributed by atoms with van der Waals surface area (Å²) in [5.41, 5.74) is 10.9. The van der Waals surface area contributed by atoms with Gasteiger partial charge in [0.1, 0.15) is 0 Å². The van der Waals surface area contributed by atoms with Crippen LogP contribution in [-0.4, -0.2) is 4.57 Å². The van der Waals surface area contributed by atoms with Gasteiger partial charge in [-0.15, -0.1) is 0 Å². The minimum absolute atomic E-state index is 1.16. The molecule has 6 aromatic rings. The quantitative estimate of drug-likeness (QED) is 0.221. The van der Waals surface area contributed by atoms with Gasteiger partial charge in [0.2, 0.25) is 0 Å². The van der Waals surface area contributed by atoms with Crippen LogP contribution in [0.4, 0.5) is 0 Å². The second kappa shape index (κ2) is 9.75. The van der Waals surface area contributed by atoms with Crippen molar-refractivity contribution in [3.8, 4) is 56.2 Å². The normalized spacial score (nSPS) is 11.0. The fraction of sp³-hybridized carbons (Fsp3) is 0.0571. The number of imidazole rings is 1. The summed E-state index contributed by atoms with van der Waals surface area (Å²) in [5.74, 6) is 1.16. The minimum Gasteiger partial charge on any atom is -0.225 e. The topological polar surface area (TPSA) is 8.81 Å². The van der Waals surface area contributed by atoms with Crippen LogP contribution in [0.15, 0.2) is 140 Å². The predicted octanol–water partition coefficient (Wildman–Crippen LogP) is 8.18. The molecule has 0 unspecified atom stereocenters. The highest BCUT2D eigenvalue weighted by molar-refractivity contribution is 5.93. The summed E-state index contributed by atoms with van der Waals surface area (Å²) in [6.45, 7) is 0. The molecule has 0 aliphatic carbocycles. The molecule has 0 N–H and O–H groups in total. The van der Waals surface area contributed by atoms with E-state index in [2.05, 4.69) is 163 Å². The van der Waals surface area contributed by atoms with Gasteiger partial charge in [0.15, 0.2) is 11.4 Å². The fourth-order valence-corrected chi connectivity index (χ4v) is 5.45. The Hall–Kier alpha value is -4.69. The third-order valence-corrected chi connectivity index (χ3v) is 7.08. The molecule has 0 saturated carbocycles. The van der Waals surface area contributed by atoms with E-state index in [1.165, 1.54) is 50.3 Å². The number of rotatable bonds is 5. The predicted molar refractivity (Wildman–Crippen MR) is 154 cm³/mol. The summed E-state index contributed by atoms with van der Waals surface area (Å²) in [6.07, 6.45) is 0. The molecular weight excluding hydrogens is 448 g/mol. The highest BCUT2D eigenvalue weighted by Crippen LogP contribution is 2.42. The molecule has 0 aliphatic heterocycles. The zero-order valence-electron chi connectivity index (χ0n) is 21.2. The molecular formula is C35H29N2+. The number of hydrogen-bond acceptors (Lipinski definition) is 0. The lowest BCUT2D eigenvalue weighted by Gasteiger charge is -2.14. The standard InChI is InChI=1S/C35H29N2/c1-36-33(28-20-11-5-12-21-28)34(29-22-13-6-14-23-29)37(2)35(36)32-30(26-16-7-3-8-17-26)24-15-25-31(32)27-18-9-4-10-19-27/h3-25H,1-2H3/q+1. The van der Waals surface area contributed by atoms with Gasteiger partial charge in [0.25, 0.3) is 5.82 Å². The van der Waals surface area contributed by atoms with Gasteiger partial charge in [-0.05, 0) is 22.3 Å². The third-order valence-electron chi connectivity index (χ3n) is 7.08. The molecule has 0 bridgehead atoms. The van der Waals surface area contributed by atoms with Crippen LogP contribution < -0.4 is 4.57 Å². The number of hydrogen-bond donors (Lipinski definition) is 0. The lowest BCUT2D eigenvalue weighted by molar-refractivity contribution is -0.648. The van der Waals surface area contributed by atoms with Crippen molar-refractivity contribution < 1.29 is 4.57 Å². The number of benzene rings is 5. The Morgan fingerprint density at radius 3 is 1.32 bits per heavy atom. The van der Waals surface area contributed by atoms with Crippen molar-refractivity contribution in [1.82, 2.24) is 4.57 Å². The molecule has 0 amide bonds. The smallest absolute Gasteiger partial charge is 0.225 e. The molecule has 1 aromatic heterocycles. The summed E-state index contributed by atoms with van der Waals surface area (Å²) < 4.78 is 4.73. The van der Waals surface area contributed by atoms with Crippen LogP contribution in [-0.2, 0) is 14.1 Å². The molecule has 178 valence electrons. The van der Waals surface area contributed by atoms with E-state index in [0.29, 0.717) is 0 Å². The van der Waals surface area contributed by atoms with E-state index in [9.17, 15) is 0 Å². The van der Waals surface area contributed by atoms with E-state index in [0.717, 1.165) is 5.82 Å². The molecule has 0 radical (unpaired) electrons. The number of aromatic nitrogens is 2. The molecule has 2 heteroatoms. The fourth-order valence-electron chi connectivity index (χ4n) is 5.45. The van der Waals surface area contributed by atoms with Crippen LogP contribution in [0, 0.1) is 0 Å². The van der Waals surface area contributed by atoms with E-state index in [1.807, 2.05) is 0 Å². The summed E-state index contributed by atoms with van der Waals surface area (Å²) in [6, 6.07) is 49.5. The van der Waals surface area contributed by atoms with Gasteiger partial charge in [-0.25, -0.2) is 9.13 Å². The molecule has 37 heavy (non-hydrogen) atoms. The summed E-state index contributed by atoms with van der Waals surface area (Å²) >= 11 is 0. The van der Waals surface area contributed by atoms with Crippen LogP contribution >= 0.6 is 0 Å². The molecule has 0 saturated heterocycles. The van der Waals surface area contributed by atoms with Gasteiger partial charge in [-0.2, -0.15) is 0 Å². The van der Waals surface area contributed by atoms with Crippen molar-refractivity contribution in [3.63, 3.8) is 0 Å². The molecule has 1 heterocycles. The van der Waals surface area contributed by atoms with E-state index < -0.39 is 0 Å². The largest absolute Gasteiger partial charge is 0.290 e. The molecule has 2 nitrogen and oxygen atoms in total. The van der Waals surface area contributed by atoms with Crippen LogP contribution in [0.3, 0.4) is 0 Å². The summed E-state index contributed by atoms with van der Waals surface area (Å²) in [5, 5.41) is 0. The first-order valence-corrected chi connectivity index (χ1v) is 12.7. The second-order valence-electron chi connectivity index (χ2n) is 9.33. The van der Waals surface area contributed by atoms with Crippen LogP contribution in [0.1, 0.15) is 0 Å². The molecule has 0 atom stereocenters. The Labute approximate surface area is 218 Å². The molecule has 6 rings (SSSR count). The molecule has 0 fully saturated rings. The Kier molecular flexibility index (Phi) is 6.00. The summed E-state index contributed by atoms with van der Waals surface area (Å²) in [4.78, 5) is 0. The van der Waals surface area contributed by atoms with Gasteiger partial charge < -0.3 is 0 Å². The highest BCUT2D eigenvalue weighted by atomic mass is 15.2. The first-order valence-electron chi connectivity index (χ1n) is 12.7. The van der Waals surface area contributed by atoms with Crippen molar-refractivity contribution in [2.45, 2.75) is 0 Å². The SMILES string of the molecule is Cn1c(-c2ccccc2)c(-c2ccccc2)[n+](C)c1-c1c(-c2ccccc2)cccc1-c1ccccc1. The van der Waals surface area contributed by atoms with Gasteiger partial charge in [-0.1, -0.05) is 140 Å². The average molecular weight is 478 g/mol. The maximum absolute atomic E-state index is 2.37. The number of nitrogens with zero attached hydrogens (tertiary/aromatic N) is 2. The van der Waals surface area contributed by atoms with E-state index in [4.69, 9.17) is 0 Å². The molecule has 0 spiro atoms. The van der Waals surface area contributed by atoms with Crippen molar-refractivity contribution in [2.24, 2.45) is 14.1 Å². The first-order chi connectivity index (χ1) is 18.2. The van der Waals surface area contributed by atoms with Crippen LogP contribution in [0.5, 0.6) is 0 Å². The van der Waals surface area contributed by atoms with Crippen molar-refractivity contribution >= 4 is 0 Å². The second-order valence-corrected chi connectivity index (χ2v) is 9.33. The maximum atomic E-state index is 2.37. The van der Waals surface area contributed by atoms with Crippen LogP contribution in [0.2, 0.25) is 0 Å². The van der Waals surface area contributed by atoms with Crippen LogP contribution in [0.25, 0.3) is 56.2 Å². The van der Waals surface area contributed by atoms with Gasteiger partial charge in [0.05, 0.1) is 19.7 Å². The lowest BCUT2D eigenvalue weighted by atomic mass is 9.91. The van der Waals surface area contributed by atoms with Gasteiger partial charge >= 0.3 is 0 Å². The highest BCUT2D eigenvalue weighted by Gasteiger charge is 2.32. The monoisotopic (exact) mass is 477 g/mol. The molecule has 5 aromatic carbocycles. The Morgan fingerprint density at radius 1 is 0.459 bits per heavy atom. The van der Waals surface area contributed by atoms with Crippen molar-refractivity contribution in [3.05, 3.63) is 140 Å². The van der Waals surface area contributed by atoms with E-state index >= 15 is 0 Å². The third kappa shape index (κ3) is 4.07. The van der Waals surface area contributed by atoms with Crippen molar-refractivity contribution in [1.29, 1.82) is 0 Å². The van der Waals surface area contributed by atoms with E-state index in [-0.39, 0.29) is 0 Å². The lowest BCUT2D eigenvalue weighted by Crippen LogP contribution is -2.32. The Bertz CT molecular complexity index is 1530. The van der Waals surface area contributed by atoms with Gasteiger partial charge in [0, 0.05) is 11.1 Å². The first kappa shape index (κ1) is 22.8. The Morgan fingerprint density at radius 2 is 0.865 bits per heavy atom. The van der Waals surface area contributed by atoms with Crippen molar-refractivity contribution in [2.75, 3.05) is 0 Å². The van der Waals surface area contributed by atoms with E-state index in [1.54, 1.807) is 0 Å². The maximum Gasteiger partial charge on any atom is 0.290 e. The zero-order chi connectivity index (χ0) is 25.2. The minimum atomic E-state index is 1.16. The Balaban J connectivity index is 1.74. The average Bonchev–Trinajstić information content (AvgIpc) is 3.23. The zero-order valence-corrected chi connectivity index (χ0v) is 21.2.